The molecule has 2 aromatic heterocycles. The first kappa shape index (κ1) is 20.4. The van der Waals surface area contributed by atoms with Gasteiger partial charge in [-0.1, -0.05) is 19.9 Å². The molecule has 2 fully saturated rings. The molecule has 6 rings (SSSR count). The lowest BCUT2D eigenvalue weighted by Gasteiger charge is -2.56. The van der Waals surface area contributed by atoms with Crippen LogP contribution in [0.25, 0.3) is 11.2 Å². The van der Waals surface area contributed by atoms with Crippen LogP contribution >= 0.6 is 0 Å². The van der Waals surface area contributed by atoms with Crippen molar-refractivity contribution in [2.45, 2.75) is 51.2 Å². The standard InChI is InChI=1S/C20H27N7O4/c1-20(2)10-4-3-9(11(20)5-10)6-23-26-19-24-16(21)13-17(25-19)27(8-22-13)18-15(30)14(29)12(7-28)31-18/h3,8,10-12,14-15,18,28-30H,4-7H2,1-2H3,(H2,21,24,25)/t10?,11?,12-,14-,15-,18?/m1/s1. The minimum atomic E-state index is -1.26. The van der Waals surface area contributed by atoms with Crippen LogP contribution in [0.2, 0.25) is 0 Å². The lowest BCUT2D eigenvalue weighted by molar-refractivity contribution is -0.0511. The smallest absolute Gasteiger partial charge is 0.272 e. The second-order valence-electron chi connectivity index (χ2n) is 9.18. The Kier molecular flexibility index (Phi) is 4.81. The number of aliphatic hydroxyl groups excluding tert-OH is 3. The van der Waals surface area contributed by atoms with Gasteiger partial charge in [0.2, 0.25) is 0 Å². The first-order valence-electron chi connectivity index (χ1n) is 10.5. The Morgan fingerprint density at radius 3 is 2.77 bits per heavy atom. The van der Waals surface area contributed by atoms with Crippen LogP contribution < -0.4 is 5.73 Å². The minimum absolute atomic E-state index is 0.0839. The first-order valence-corrected chi connectivity index (χ1v) is 10.5. The summed E-state index contributed by atoms with van der Waals surface area (Å²) in [5.41, 5.74) is 8.29. The number of allylic oxidation sites excluding steroid dienone is 1. The van der Waals surface area contributed by atoms with Crippen molar-refractivity contribution >= 4 is 22.9 Å². The lowest BCUT2D eigenvalue weighted by Crippen LogP contribution is -2.48. The molecule has 0 radical (unpaired) electrons. The van der Waals surface area contributed by atoms with Crippen LogP contribution in [-0.4, -0.2) is 66.3 Å². The zero-order valence-corrected chi connectivity index (χ0v) is 17.5. The Morgan fingerprint density at radius 2 is 2.10 bits per heavy atom. The fraction of sp³-hybridized carbons (Fsp3) is 0.650. The first-order chi connectivity index (χ1) is 14.8. The van der Waals surface area contributed by atoms with E-state index in [9.17, 15) is 15.3 Å². The number of imidazole rings is 1. The molecule has 11 nitrogen and oxygen atoms in total. The van der Waals surface area contributed by atoms with Crippen LogP contribution in [-0.2, 0) is 4.74 Å². The lowest BCUT2D eigenvalue weighted by atomic mass is 9.49. The predicted octanol–water partition coefficient (Wildman–Crippen LogP) is 1.10. The van der Waals surface area contributed by atoms with Gasteiger partial charge in [-0.2, -0.15) is 15.1 Å². The van der Waals surface area contributed by atoms with E-state index in [-0.39, 0.29) is 11.8 Å². The van der Waals surface area contributed by atoms with E-state index in [1.807, 2.05) is 0 Å². The zero-order chi connectivity index (χ0) is 21.9. The van der Waals surface area contributed by atoms with E-state index in [4.69, 9.17) is 10.5 Å². The Labute approximate surface area is 178 Å². The van der Waals surface area contributed by atoms with E-state index in [0.29, 0.717) is 29.0 Å². The summed E-state index contributed by atoms with van der Waals surface area (Å²) in [5, 5.41) is 38.2. The third-order valence-corrected chi connectivity index (χ3v) is 7.22. The average molecular weight is 429 g/mol. The van der Waals surface area contributed by atoms with E-state index >= 15 is 0 Å². The average Bonchev–Trinajstić information content (AvgIpc) is 3.29. The molecule has 2 bridgehead atoms. The van der Waals surface area contributed by atoms with Gasteiger partial charge in [0.1, 0.15) is 23.8 Å². The van der Waals surface area contributed by atoms with Crippen molar-refractivity contribution in [2.75, 3.05) is 18.9 Å². The van der Waals surface area contributed by atoms with Gasteiger partial charge >= 0.3 is 0 Å². The van der Waals surface area contributed by atoms with Crippen LogP contribution in [0.15, 0.2) is 28.2 Å². The number of hydrogen-bond acceptors (Lipinski definition) is 10. The normalized spacial score (nSPS) is 34.3. The summed E-state index contributed by atoms with van der Waals surface area (Å²) < 4.78 is 7.03. The van der Waals surface area contributed by atoms with Gasteiger partial charge in [-0.05, 0) is 35.7 Å². The molecule has 1 aliphatic heterocycles. The number of azo groups is 1. The highest BCUT2D eigenvalue weighted by atomic mass is 16.6. The van der Waals surface area contributed by atoms with Crippen LogP contribution in [0.4, 0.5) is 11.8 Å². The van der Waals surface area contributed by atoms with E-state index in [2.05, 4.69) is 45.1 Å². The third kappa shape index (κ3) is 3.15. The number of ether oxygens (including phenoxy) is 1. The second-order valence-corrected chi connectivity index (χ2v) is 9.18. The van der Waals surface area contributed by atoms with Gasteiger partial charge in [-0.25, -0.2) is 4.98 Å². The molecular weight excluding hydrogens is 402 g/mol. The molecule has 6 atom stereocenters. The molecule has 0 amide bonds. The number of nitrogens with two attached hydrogens (primary N) is 1. The summed E-state index contributed by atoms with van der Waals surface area (Å²) in [5.74, 6) is 1.53. The van der Waals surface area contributed by atoms with Crippen LogP contribution in [0, 0.1) is 17.3 Å². The molecule has 1 saturated carbocycles. The number of aromatic nitrogens is 4. The van der Waals surface area contributed by atoms with Crippen molar-refractivity contribution in [2.24, 2.45) is 27.5 Å². The van der Waals surface area contributed by atoms with Crippen molar-refractivity contribution in [1.29, 1.82) is 0 Å². The van der Waals surface area contributed by atoms with Crippen LogP contribution in [0.1, 0.15) is 32.9 Å². The quantitative estimate of drug-likeness (QED) is 0.405. The number of nitrogens with zero attached hydrogens (tertiary/aromatic N) is 6. The minimum Gasteiger partial charge on any atom is -0.394 e. The van der Waals surface area contributed by atoms with Gasteiger partial charge in [0, 0.05) is 0 Å². The summed E-state index contributed by atoms with van der Waals surface area (Å²) in [6, 6.07) is 0. The maximum atomic E-state index is 10.3. The zero-order valence-electron chi connectivity index (χ0n) is 17.5. The Balaban J connectivity index is 1.39. The molecule has 2 aromatic rings. The number of fused-ring (bicyclic) bond motifs is 2. The topological polar surface area (TPSA) is 164 Å². The summed E-state index contributed by atoms with van der Waals surface area (Å²) in [6.45, 7) is 4.70. The van der Waals surface area contributed by atoms with Gasteiger partial charge in [-0.3, -0.25) is 4.57 Å². The van der Waals surface area contributed by atoms with E-state index in [1.54, 1.807) is 0 Å². The van der Waals surface area contributed by atoms with E-state index in [1.165, 1.54) is 22.9 Å². The van der Waals surface area contributed by atoms with E-state index < -0.39 is 31.1 Å². The fourth-order valence-electron chi connectivity index (χ4n) is 5.10. The molecule has 0 spiro atoms. The van der Waals surface area contributed by atoms with Crippen LogP contribution in [0.3, 0.4) is 0 Å². The summed E-state index contributed by atoms with van der Waals surface area (Å²) in [7, 11) is 0. The maximum absolute atomic E-state index is 10.3. The largest absolute Gasteiger partial charge is 0.394 e. The summed E-state index contributed by atoms with van der Waals surface area (Å²) >= 11 is 0. The maximum Gasteiger partial charge on any atom is 0.272 e. The number of rotatable bonds is 5. The van der Waals surface area contributed by atoms with Gasteiger partial charge in [0.15, 0.2) is 17.7 Å². The molecule has 4 aliphatic rings. The number of nitrogen functional groups attached to an aromatic ring is 1. The molecular formula is C20H27N7O4. The molecule has 3 unspecified atom stereocenters. The predicted molar refractivity (Wildman–Crippen MR) is 110 cm³/mol. The Bertz CT molecular complexity index is 1070. The molecule has 11 heteroatoms. The molecule has 1 saturated heterocycles. The molecule has 166 valence electrons. The number of hydrogen-bond donors (Lipinski definition) is 4. The number of anilines is 1. The summed E-state index contributed by atoms with van der Waals surface area (Å²) in [4.78, 5) is 12.7. The molecule has 3 heterocycles. The monoisotopic (exact) mass is 429 g/mol. The fourth-order valence-corrected chi connectivity index (χ4v) is 5.10. The molecule has 3 aliphatic carbocycles. The second kappa shape index (κ2) is 7.30. The van der Waals surface area contributed by atoms with Crippen molar-refractivity contribution in [3.63, 3.8) is 0 Å². The Hall–Kier alpha value is -2.47. The van der Waals surface area contributed by atoms with Gasteiger partial charge in [0.25, 0.3) is 5.95 Å². The van der Waals surface area contributed by atoms with Gasteiger partial charge in [0.05, 0.1) is 19.5 Å². The van der Waals surface area contributed by atoms with Crippen molar-refractivity contribution in [3.05, 3.63) is 18.0 Å². The highest BCUT2D eigenvalue weighted by Crippen LogP contribution is 2.59. The molecule has 31 heavy (non-hydrogen) atoms. The van der Waals surface area contributed by atoms with Crippen molar-refractivity contribution in [3.8, 4) is 0 Å². The highest BCUT2D eigenvalue weighted by molar-refractivity contribution is 5.82. The summed E-state index contributed by atoms with van der Waals surface area (Å²) in [6.07, 6.45) is 1.61. The number of aliphatic hydroxyl groups is 3. The van der Waals surface area contributed by atoms with Gasteiger partial charge in [-0.15, -0.1) is 5.11 Å². The van der Waals surface area contributed by atoms with Gasteiger partial charge < -0.3 is 25.8 Å². The SMILES string of the molecule is CC1(C)C2CC=C(CN=Nc3nc(N)c4ncn(C5O[C@H](CO)[C@@H](O)[C@H]5O)c4n3)C1C2. The van der Waals surface area contributed by atoms with E-state index in [0.717, 1.165) is 12.3 Å². The molecule has 0 aromatic carbocycles. The van der Waals surface area contributed by atoms with Crippen molar-refractivity contribution < 1.29 is 20.1 Å². The third-order valence-electron chi connectivity index (χ3n) is 7.22. The Morgan fingerprint density at radius 1 is 1.29 bits per heavy atom. The van der Waals surface area contributed by atoms with Crippen molar-refractivity contribution in [1.82, 2.24) is 19.5 Å². The van der Waals surface area contributed by atoms with Crippen LogP contribution in [0.5, 0.6) is 0 Å². The highest BCUT2D eigenvalue weighted by Gasteiger charge is 2.51. The molecule has 5 N–H and O–H groups in total.